The van der Waals surface area contributed by atoms with Gasteiger partial charge in [0.05, 0.1) is 19.3 Å². The third-order valence-electron chi connectivity index (χ3n) is 3.46. The van der Waals surface area contributed by atoms with Crippen molar-refractivity contribution in [2.24, 2.45) is 5.92 Å². The van der Waals surface area contributed by atoms with E-state index in [0.29, 0.717) is 23.8 Å². The second kappa shape index (κ2) is 8.92. The first-order valence-corrected chi connectivity index (χ1v) is 8.05. The normalized spacial score (nSPS) is 10.6. The Morgan fingerprint density at radius 1 is 1.24 bits per heavy atom. The van der Waals surface area contributed by atoms with Crippen LogP contribution in [0.1, 0.15) is 36.4 Å². The molecule has 0 amide bonds. The van der Waals surface area contributed by atoms with Gasteiger partial charge in [0, 0.05) is 6.07 Å². The molecule has 25 heavy (non-hydrogen) atoms. The first-order chi connectivity index (χ1) is 12.0. The van der Waals surface area contributed by atoms with Gasteiger partial charge in [0.25, 0.3) is 0 Å². The predicted molar refractivity (Wildman–Crippen MR) is 92.0 cm³/mol. The number of benzene rings is 1. The molecule has 0 fully saturated rings. The van der Waals surface area contributed by atoms with Gasteiger partial charge in [-0.3, -0.25) is 4.79 Å². The number of carbonyl (C=O) groups excluding carboxylic acids is 1. The molecule has 6 nitrogen and oxygen atoms in total. The minimum Gasteiger partial charge on any atom is -0.497 e. The molecule has 0 radical (unpaired) electrons. The lowest BCUT2D eigenvalue weighted by Gasteiger charge is -2.08. The van der Waals surface area contributed by atoms with Crippen LogP contribution in [0.15, 0.2) is 45.8 Å². The molecule has 0 aliphatic carbocycles. The smallest absolute Gasteiger partial charge is 0.338 e. The highest BCUT2D eigenvalue weighted by molar-refractivity contribution is 5.89. The molecular weight excluding hydrogens is 324 g/mol. The Labute approximate surface area is 146 Å². The van der Waals surface area contributed by atoms with Crippen molar-refractivity contribution in [2.45, 2.75) is 26.9 Å². The summed E-state index contributed by atoms with van der Waals surface area (Å²) in [6, 6.07) is 7.88. The summed E-state index contributed by atoms with van der Waals surface area (Å²) in [4.78, 5) is 24.0. The number of esters is 1. The Kier molecular flexibility index (Phi) is 6.62. The van der Waals surface area contributed by atoms with Gasteiger partial charge in [-0.1, -0.05) is 19.9 Å². The lowest BCUT2D eigenvalue weighted by atomic mass is 10.1. The van der Waals surface area contributed by atoms with Gasteiger partial charge in [0.1, 0.15) is 24.4 Å². The van der Waals surface area contributed by atoms with E-state index in [1.165, 1.54) is 19.4 Å². The van der Waals surface area contributed by atoms with Gasteiger partial charge < -0.3 is 18.6 Å². The molecule has 0 saturated carbocycles. The molecule has 2 aromatic rings. The van der Waals surface area contributed by atoms with Gasteiger partial charge in [0.2, 0.25) is 11.2 Å². The van der Waals surface area contributed by atoms with E-state index >= 15 is 0 Å². The topological polar surface area (TPSA) is 75.0 Å². The second-order valence-corrected chi connectivity index (χ2v) is 5.91. The lowest BCUT2D eigenvalue weighted by Crippen LogP contribution is -2.11. The molecule has 0 N–H and O–H groups in total. The molecule has 0 bridgehead atoms. The summed E-state index contributed by atoms with van der Waals surface area (Å²) in [5, 5.41) is 0. The van der Waals surface area contributed by atoms with E-state index in [0.717, 1.165) is 6.42 Å². The van der Waals surface area contributed by atoms with Gasteiger partial charge in [-0.05, 0) is 30.5 Å². The van der Waals surface area contributed by atoms with Crippen molar-refractivity contribution in [2.75, 3.05) is 13.7 Å². The van der Waals surface area contributed by atoms with E-state index in [9.17, 15) is 9.59 Å². The summed E-state index contributed by atoms with van der Waals surface area (Å²) in [5.41, 5.74) is 0.0535. The molecule has 0 aliphatic heterocycles. The zero-order valence-corrected chi connectivity index (χ0v) is 14.6. The van der Waals surface area contributed by atoms with Crippen molar-refractivity contribution >= 4 is 5.97 Å². The van der Waals surface area contributed by atoms with Gasteiger partial charge in [0.15, 0.2) is 0 Å². The molecule has 1 aromatic heterocycles. The van der Waals surface area contributed by atoms with Crippen molar-refractivity contribution in [1.82, 2.24) is 0 Å². The molecule has 2 rings (SSSR count). The third kappa shape index (κ3) is 5.67. The molecular formula is C19H22O6. The number of hydrogen-bond acceptors (Lipinski definition) is 6. The summed E-state index contributed by atoms with van der Waals surface area (Å²) in [5.74, 6) is 0.922. The maximum atomic E-state index is 12.0. The predicted octanol–water partition coefficient (Wildman–Crippen LogP) is 3.43. The molecule has 0 saturated heterocycles. The highest BCUT2D eigenvalue weighted by Crippen LogP contribution is 2.14. The fourth-order valence-corrected chi connectivity index (χ4v) is 1.99. The van der Waals surface area contributed by atoms with E-state index in [1.807, 2.05) is 0 Å². The van der Waals surface area contributed by atoms with E-state index in [4.69, 9.17) is 18.6 Å². The Balaban J connectivity index is 1.93. The van der Waals surface area contributed by atoms with Crippen LogP contribution >= 0.6 is 0 Å². The molecule has 0 spiro atoms. The van der Waals surface area contributed by atoms with Crippen molar-refractivity contribution in [3.8, 4) is 11.5 Å². The first kappa shape index (κ1) is 18.6. The second-order valence-electron chi connectivity index (χ2n) is 5.91. The molecule has 0 unspecified atom stereocenters. The van der Waals surface area contributed by atoms with Crippen molar-refractivity contribution in [1.29, 1.82) is 0 Å². The van der Waals surface area contributed by atoms with Crippen LogP contribution in [-0.4, -0.2) is 19.7 Å². The monoisotopic (exact) mass is 346 g/mol. The number of ether oxygens (including phenoxy) is 3. The van der Waals surface area contributed by atoms with Crippen LogP contribution < -0.4 is 14.9 Å². The van der Waals surface area contributed by atoms with Gasteiger partial charge in [-0.15, -0.1) is 0 Å². The SMILES string of the molecule is COc1cccc(C(=O)OCc2cc(=O)c(OCCC(C)C)co2)c1. The van der Waals surface area contributed by atoms with Crippen LogP contribution in [0.5, 0.6) is 11.5 Å². The molecule has 6 heteroatoms. The van der Waals surface area contributed by atoms with Crippen molar-refractivity contribution in [3.05, 3.63) is 58.1 Å². The fourth-order valence-electron chi connectivity index (χ4n) is 1.99. The Bertz CT molecular complexity index is 763. The zero-order valence-electron chi connectivity index (χ0n) is 14.6. The van der Waals surface area contributed by atoms with Crippen molar-refractivity contribution in [3.63, 3.8) is 0 Å². The number of methoxy groups -OCH3 is 1. The quantitative estimate of drug-likeness (QED) is 0.682. The van der Waals surface area contributed by atoms with Gasteiger partial charge >= 0.3 is 5.97 Å². The van der Waals surface area contributed by atoms with Crippen LogP contribution in [0.25, 0.3) is 0 Å². The Hall–Kier alpha value is -2.76. The maximum absolute atomic E-state index is 12.0. The molecule has 0 atom stereocenters. The van der Waals surface area contributed by atoms with Crippen LogP contribution in [-0.2, 0) is 11.3 Å². The number of hydrogen-bond donors (Lipinski definition) is 0. The van der Waals surface area contributed by atoms with Crippen LogP contribution in [0.3, 0.4) is 0 Å². The van der Waals surface area contributed by atoms with Gasteiger partial charge in [-0.2, -0.15) is 0 Å². The standard InChI is InChI=1S/C19H22O6/c1-13(2)7-8-23-18-12-24-16(10-17(18)20)11-25-19(21)14-5-4-6-15(9-14)22-3/h4-6,9-10,12-13H,7-8,11H2,1-3H3. The summed E-state index contributed by atoms with van der Waals surface area (Å²) < 4.78 is 20.9. The van der Waals surface area contributed by atoms with E-state index in [1.54, 1.807) is 24.3 Å². The van der Waals surface area contributed by atoms with Crippen LogP contribution in [0.2, 0.25) is 0 Å². The fraction of sp³-hybridized carbons (Fsp3) is 0.368. The average Bonchev–Trinajstić information content (AvgIpc) is 2.61. The van der Waals surface area contributed by atoms with Crippen LogP contribution in [0, 0.1) is 5.92 Å². The van der Waals surface area contributed by atoms with E-state index in [-0.39, 0.29) is 23.5 Å². The highest BCUT2D eigenvalue weighted by atomic mass is 16.5. The third-order valence-corrected chi connectivity index (χ3v) is 3.46. The Morgan fingerprint density at radius 3 is 2.72 bits per heavy atom. The minimum atomic E-state index is -0.529. The first-order valence-electron chi connectivity index (χ1n) is 8.05. The summed E-state index contributed by atoms with van der Waals surface area (Å²) in [6.45, 7) is 4.46. The molecule has 0 aliphatic rings. The largest absolute Gasteiger partial charge is 0.497 e. The molecule has 134 valence electrons. The summed E-state index contributed by atoms with van der Waals surface area (Å²) in [7, 11) is 1.52. The highest BCUT2D eigenvalue weighted by Gasteiger charge is 2.11. The van der Waals surface area contributed by atoms with Crippen LogP contribution in [0.4, 0.5) is 0 Å². The van der Waals surface area contributed by atoms with E-state index in [2.05, 4.69) is 13.8 Å². The summed E-state index contributed by atoms with van der Waals surface area (Å²) in [6.07, 6.45) is 2.09. The lowest BCUT2D eigenvalue weighted by molar-refractivity contribution is 0.0442. The molecule has 1 aromatic carbocycles. The minimum absolute atomic E-state index is 0.141. The maximum Gasteiger partial charge on any atom is 0.338 e. The average molecular weight is 346 g/mol. The molecule has 1 heterocycles. The van der Waals surface area contributed by atoms with Gasteiger partial charge in [-0.25, -0.2) is 4.79 Å². The Morgan fingerprint density at radius 2 is 2.04 bits per heavy atom. The summed E-state index contributed by atoms with van der Waals surface area (Å²) >= 11 is 0. The number of carbonyl (C=O) groups is 1. The van der Waals surface area contributed by atoms with E-state index < -0.39 is 5.97 Å². The van der Waals surface area contributed by atoms with Crippen molar-refractivity contribution < 1.29 is 23.4 Å². The number of rotatable bonds is 8. The zero-order chi connectivity index (χ0) is 18.2.